The molecular weight excluding hydrogens is 372 g/mol. The van der Waals surface area contributed by atoms with Gasteiger partial charge < -0.3 is 15.0 Å². The third kappa shape index (κ3) is 3.64. The summed E-state index contributed by atoms with van der Waals surface area (Å²) in [4.78, 5) is 7.33. The number of rotatable bonds is 4. The molecule has 152 valence electrons. The lowest BCUT2D eigenvalue weighted by Gasteiger charge is -2.28. The summed E-state index contributed by atoms with van der Waals surface area (Å²) in [7, 11) is 0. The normalized spacial score (nSPS) is 14.3. The molecule has 1 aliphatic rings. The van der Waals surface area contributed by atoms with Gasteiger partial charge in [-0.25, -0.2) is 4.98 Å². The zero-order valence-corrected chi connectivity index (χ0v) is 17.4. The molecule has 0 amide bonds. The monoisotopic (exact) mass is 398 g/mol. The molecule has 5 nitrogen and oxygen atoms in total. The Morgan fingerprint density at radius 3 is 2.33 bits per heavy atom. The number of ether oxygens (including phenoxy) is 1. The van der Waals surface area contributed by atoms with Crippen LogP contribution in [-0.4, -0.2) is 35.7 Å². The first kappa shape index (κ1) is 18.7. The summed E-state index contributed by atoms with van der Waals surface area (Å²) in [5, 5.41) is 3.59. The second kappa shape index (κ2) is 7.84. The van der Waals surface area contributed by atoms with E-state index < -0.39 is 0 Å². The van der Waals surface area contributed by atoms with Crippen LogP contribution in [0.4, 0.5) is 17.2 Å². The molecule has 0 atom stereocenters. The Labute approximate surface area is 176 Å². The molecule has 30 heavy (non-hydrogen) atoms. The molecule has 0 spiro atoms. The maximum Gasteiger partial charge on any atom is 0.143 e. The van der Waals surface area contributed by atoms with E-state index in [2.05, 4.69) is 95.3 Å². The van der Waals surface area contributed by atoms with Crippen LogP contribution >= 0.6 is 0 Å². The first-order valence-electron chi connectivity index (χ1n) is 10.4. The molecule has 4 aromatic rings. The van der Waals surface area contributed by atoms with E-state index >= 15 is 0 Å². The van der Waals surface area contributed by atoms with Gasteiger partial charge >= 0.3 is 0 Å². The molecule has 1 fully saturated rings. The lowest BCUT2D eigenvalue weighted by Crippen LogP contribution is -2.36. The first-order valence-corrected chi connectivity index (χ1v) is 10.4. The van der Waals surface area contributed by atoms with E-state index in [1.807, 2.05) is 0 Å². The van der Waals surface area contributed by atoms with Gasteiger partial charge in [0, 0.05) is 36.2 Å². The van der Waals surface area contributed by atoms with Gasteiger partial charge in [0.05, 0.1) is 13.2 Å². The summed E-state index contributed by atoms with van der Waals surface area (Å²) in [5.74, 6) is 0.980. The third-order valence-electron chi connectivity index (χ3n) is 5.61. The Bertz CT molecular complexity index is 1160. The van der Waals surface area contributed by atoms with Gasteiger partial charge in [-0.05, 0) is 55.8 Å². The number of nitrogens with one attached hydrogen (secondary N) is 1. The lowest BCUT2D eigenvalue weighted by molar-refractivity contribution is 0.122. The van der Waals surface area contributed by atoms with E-state index in [0.29, 0.717) is 0 Å². The minimum atomic E-state index is 0.790. The summed E-state index contributed by atoms with van der Waals surface area (Å²) in [5.41, 5.74) is 7.72. The number of hydrogen-bond donors (Lipinski definition) is 1. The number of nitrogens with zero attached hydrogens (tertiary/aromatic N) is 3. The number of benzene rings is 2. The Morgan fingerprint density at radius 2 is 1.60 bits per heavy atom. The van der Waals surface area contributed by atoms with Crippen LogP contribution in [0.2, 0.25) is 0 Å². The van der Waals surface area contributed by atoms with Crippen LogP contribution in [0.3, 0.4) is 0 Å². The Hall–Kier alpha value is -3.31. The molecule has 1 N–H and O–H groups in total. The number of anilines is 3. The fraction of sp³-hybridized carbons (Fsp3) is 0.240. The first-order chi connectivity index (χ1) is 14.7. The van der Waals surface area contributed by atoms with Gasteiger partial charge in [0.15, 0.2) is 0 Å². The summed E-state index contributed by atoms with van der Waals surface area (Å²) < 4.78 is 7.60. The molecule has 0 unspecified atom stereocenters. The maximum atomic E-state index is 5.47. The Morgan fingerprint density at radius 1 is 0.867 bits per heavy atom. The van der Waals surface area contributed by atoms with Crippen LogP contribution < -0.4 is 10.2 Å². The summed E-state index contributed by atoms with van der Waals surface area (Å²) >= 11 is 0. The number of imidazole rings is 1. The van der Waals surface area contributed by atoms with Gasteiger partial charge in [-0.2, -0.15) is 0 Å². The van der Waals surface area contributed by atoms with Crippen molar-refractivity contribution in [2.45, 2.75) is 13.8 Å². The fourth-order valence-corrected chi connectivity index (χ4v) is 3.89. The number of aromatic nitrogens is 2. The minimum absolute atomic E-state index is 0.790. The van der Waals surface area contributed by atoms with Crippen molar-refractivity contribution in [3.8, 4) is 11.3 Å². The predicted octanol–water partition coefficient (Wildman–Crippen LogP) is 5.20. The van der Waals surface area contributed by atoms with E-state index in [4.69, 9.17) is 9.72 Å². The van der Waals surface area contributed by atoms with Gasteiger partial charge in [-0.1, -0.05) is 29.8 Å². The molecule has 0 saturated carbocycles. The van der Waals surface area contributed by atoms with E-state index in [0.717, 1.165) is 54.7 Å². The summed E-state index contributed by atoms with van der Waals surface area (Å²) in [6.45, 7) is 7.65. The highest BCUT2D eigenvalue weighted by Gasteiger charge is 2.16. The molecule has 0 radical (unpaired) electrons. The van der Waals surface area contributed by atoms with Gasteiger partial charge in [-0.15, -0.1) is 0 Å². The van der Waals surface area contributed by atoms with Gasteiger partial charge in [0.2, 0.25) is 0 Å². The smallest absolute Gasteiger partial charge is 0.143 e. The quantitative estimate of drug-likeness (QED) is 0.513. The molecule has 5 heteroatoms. The number of hydrogen-bond acceptors (Lipinski definition) is 4. The van der Waals surface area contributed by atoms with Gasteiger partial charge in [0.25, 0.3) is 0 Å². The molecule has 3 heterocycles. The molecule has 5 rings (SSSR count). The van der Waals surface area contributed by atoms with Crippen molar-refractivity contribution in [2.75, 3.05) is 36.5 Å². The second-order valence-corrected chi connectivity index (χ2v) is 7.88. The Balaban J connectivity index is 1.54. The third-order valence-corrected chi connectivity index (χ3v) is 5.61. The molecule has 2 aromatic carbocycles. The summed E-state index contributed by atoms with van der Waals surface area (Å²) in [6, 6.07) is 21.4. The van der Waals surface area contributed by atoms with Crippen molar-refractivity contribution in [2.24, 2.45) is 0 Å². The van der Waals surface area contributed by atoms with Crippen LogP contribution in [0.15, 0.2) is 66.9 Å². The second-order valence-electron chi connectivity index (χ2n) is 7.88. The molecular formula is C25H26N4O. The lowest BCUT2D eigenvalue weighted by atomic mass is 10.1. The topological polar surface area (TPSA) is 41.8 Å². The number of morpholine rings is 1. The van der Waals surface area contributed by atoms with Crippen LogP contribution in [0.1, 0.15) is 11.1 Å². The van der Waals surface area contributed by atoms with Crippen molar-refractivity contribution < 1.29 is 4.74 Å². The van der Waals surface area contributed by atoms with Crippen molar-refractivity contribution in [3.63, 3.8) is 0 Å². The van der Waals surface area contributed by atoms with E-state index in [1.165, 1.54) is 16.8 Å². The maximum absolute atomic E-state index is 5.47. The zero-order valence-electron chi connectivity index (χ0n) is 17.4. The largest absolute Gasteiger partial charge is 0.378 e. The highest BCUT2D eigenvalue weighted by Crippen LogP contribution is 2.32. The number of aryl methyl sites for hydroxylation is 2. The fourth-order valence-electron chi connectivity index (χ4n) is 3.89. The average Bonchev–Trinajstić information content (AvgIpc) is 3.13. The Kier molecular flexibility index (Phi) is 4.89. The molecule has 2 aromatic heterocycles. The standard InChI is InChI=1S/C25H26N4O/c1-18-3-7-21(8-4-18)26-25-24(27-23-17-19(2)11-12-29(23)25)20-5-9-22(10-6-20)28-13-15-30-16-14-28/h3-12,17,26H,13-16H2,1-2H3. The van der Waals surface area contributed by atoms with Crippen LogP contribution in [0, 0.1) is 13.8 Å². The average molecular weight is 399 g/mol. The highest BCUT2D eigenvalue weighted by molar-refractivity contribution is 5.80. The van der Waals surface area contributed by atoms with E-state index in [-0.39, 0.29) is 0 Å². The van der Waals surface area contributed by atoms with Gasteiger partial charge in [0.1, 0.15) is 17.2 Å². The van der Waals surface area contributed by atoms with Crippen LogP contribution in [-0.2, 0) is 4.74 Å². The van der Waals surface area contributed by atoms with Crippen molar-refractivity contribution in [1.29, 1.82) is 0 Å². The minimum Gasteiger partial charge on any atom is -0.378 e. The van der Waals surface area contributed by atoms with Gasteiger partial charge in [-0.3, -0.25) is 4.40 Å². The van der Waals surface area contributed by atoms with E-state index in [1.54, 1.807) is 0 Å². The molecule has 1 saturated heterocycles. The van der Waals surface area contributed by atoms with Crippen LogP contribution in [0.25, 0.3) is 16.9 Å². The zero-order chi connectivity index (χ0) is 20.5. The number of pyridine rings is 1. The SMILES string of the molecule is Cc1ccc(Nc2c(-c3ccc(N4CCOCC4)cc3)nc3cc(C)ccn23)cc1. The van der Waals surface area contributed by atoms with E-state index in [9.17, 15) is 0 Å². The molecule has 0 aliphatic carbocycles. The van der Waals surface area contributed by atoms with Crippen LogP contribution in [0.5, 0.6) is 0 Å². The van der Waals surface area contributed by atoms with Crippen molar-refractivity contribution >= 4 is 22.8 Å². The van der Waals surface area contributed by atoms with Crippen molar-refractivity contribution in [1.82, 2.24) is 9.38 Å². The van der Waals surface area contributed by atoms with Crippen molar-refractivity contribution in [3.05, 3.63) is 78.0 Å². The molecule has 0 bridgehead atoms. The molecule has 1 aliphatic heterocycles. The highest BCUT2D eigenvalue weighted by atomic mass is 16.5. The number of fused-ring (bicyclic) bond motifs is 1. The summed E-state index contributed by atoms with van der Waals surface area (Å²) in [6.07, 6.45) is 2.08. The predicted molar refractivity (Wildman–Crippen MR) is 123 cm³/mol.